The molecule has 0 spiro atoms. The third-order valence-corrected chi connectivity index (χ3v) is 3.45. The van der Waals surface area contributed by atoms with Crippen molar-refractivity contribution in [1.82, 2.24) is 10.2 Å². The summed E-state index contributed by atoms with van der Waals surface area (Å²) in [6.07, 6.45) is 4.85. The molecule has 1 unspecified atom stereocenters. The lowest BCUT2D eigenvalue weighted by Gasteiger charge is -2.31. The topological polar surface area (TPSA) is 55.0 Å². The first-order chi connectivity index (χ1) is 7.83. The molecule has 0 amide bonds. The van der Waals surface area contributed by atoms with Gasteiger partial charge in [0, 0.05) is 25.0 Å². The molecule has 3 rings (SSSR count). The van der Waals surface area contributed by atoms with Gasteiger partial charge in [0.2, 0.25) is 0 Å². The maximum atomic E-state index is 5.96. The van der Waals surface area contributed by atoms with Crippen LogP contribution in [0, 0.1) is 0 Å². The molecule has 2 aliphatic rings. The Kier molecular flexibility index (Phi) is 2.52. The van der Waals surface area contributed by atoms with Gasteiger partial charge in [-0.1, -0.05) is 0 Å². The van der Waals surface area contributed by atoms with E-state index in [0.717, 1.165) is 37.4 Å². The number of piperidine rings is 1. The van der Waals surface area contributed by atoms with E-state index < -0.39 is 0 Å². The Bertz CT molecular complexity index is 358. The van der Waals surface area contributed by atoms with Crippen LogP contribution < -0.4 is 10.6 Å². The summed E-state index contributed by atoms with van der Waals surface area (Å²) in [4.78, 5) is 2.25. The molecule has 1 aliphatic heterocycles. The Hall–Kier alpha value is -1.16. The van der Waals surface area contributed by atoms with Crippen LogP contribution in [0.1, 0.15) is 37.3 Å². The van der Waals surface area contributed by atoms with Crippen LogP contribution in [-0.4, -0.2) is 29.3 Å². The SMILES string of the molecule is NC1CCCN(c2ccc(C3CC3)nn2)C1. The lowest BCUT2D eigenvalue weighted by Crippen LogP contribution is -2.43. The van der Waals surface area contributed by atoms with Crippen LogP contribution >= 0.6 is 0 Å². The minimum atomic E-state index is 0.290. The molecule has 2 heterocycles. The first-order valence-corrected chi connectivity index (χ1v) is 6.17. The zero-order chi connectivity index (χ0) is 11.0. The molecule has 2 N–H and O–H groups in total. The fourth-order valence-electron chi connectivity index (χ4n) is 2.32. The molecular formula is C12H18N4. The van der Waals surface area contributed by atoms with Gasteiger partial charge in [0.05, 0.1) is 5.69 Å². The highest BCUT2D eigenvalue weighted by Gasteiger charge is 2.25. The molecule has 86 valence electrons. The third-order valence-electron chi connectivity index (χ3n) is 3.45. The maximum absolute atomic E-state index is 5.96. The number of nitrogens with two attached hydrogens (primary N) is 1. The molecule has 1 aromatic heterocycles. The number of rotatable bonds is 2. The number of anilines is 1. The van der Waals surface area contributed by atoms with E-state index in [-0.39, 0.29) is 0 Å². The third kappa shape index (κ3) is 2.02. The summed E-state index contributed by atoms with van der Waals surface area (Å²) >= 11 is 0. The normalized spacial score (nSPS) is 25.8. The van der Waals surface area contributed by atoms with Crippen molar-refractivity contribution in [2.75, 3.05) is 18.0 Å². The van der Waals surface area contributed by atoms with Gasteiger partial charge in [-0.3, -0.25) is 0 Å². The molecule has 2 fully saturated rings. The average molecular weight is 218 g/mol. The lowest BCUT2D eigenvalue weighted by atomic mass is 10.1. The van der Waals surface area contributed by atoms with Crippen LogP contribution in [0.25, 0.3) is 0 Å². The summed E-state index contributed by atoms with van der Waals surface area (Å²) in [5.41, 5.74) is 7.12. The Morgan fingerprint density at radius 3 is 2.69 bits per heavy atom. The van der Waals surface area contributed by atoms with Gasteiger partial charge in [-0.25, -0.2) is 0 Å². The molecule has 1 atom stereocenters. The van der Waals surface area contributed by atoms with E-state index in [0.29, 0.717) is 12.0 Å². The van der Waals surface area contributed by atoms with Gasteiger partial charge >= 0.3 is 0 Å². The molecule has 0 radical (unpaired) electrons. The monoisotopic (exact) mass is 218 g/mol. The minimum Gasteiger partial charge on any atom is -0.354 e. The molecule has 1 saturated carbocycles. The van der Waals surface area contributed by atoms with E-state index in [1.807, 2.05) is 0 Å². The molecule has 1 saturated heterocycles. The predicted octanol–water partition coefficient (Wildman–Crippen LogP) is 1.28. The highest BCUT2D eigenvalue weighted by Crippen LogP contribution is 2.38. The summed E-state index contributed by atoms with van der Waals surface area (Å²) in [6.45, 7) is 1.97. The summed E-state index contributed by atoms with van der Waals surface area (Å²) in [6, 6.07) is 4.51. The highest BCUT2D eigenvalue weighted by atomic mass is 15.3. The number of hydrogen-bond donors (Lipinski definition) is 1. The van der Waals surface area contributed by atoms with Gasteiger partial charge in [0.25, 0.3) is 0 Å². The Balaban J connectivity index is 1.72. The smallest absolute Gasteiger partial charge is 0.151 e. The van der Waals surface area contributed by atoms with Crippen LogP contribution in [0.4, 0.5) is 5.82 Å². The molecule has 4 heteroatoms. The number of nitrogens with zero attached hydrogens (tertiary/aromatic N) is 3. The van der Waals surface area contributed by atoms with Gasteiger partial charge in [-0.15, -0.1) is 5.10 Å². The van der Waals surface area contributed by atoms with Crippen LogP contribution in [0.3, 0.4) is 0 Å². The first-order valence-electron chi connectivity index (χ1n) is 6.17. The molecule has 1 aromatic rings. The average Bonchev–Trinajstić information content (AvgIpc) is 3.13. The first kappa shape index (κ1) is 10.0. The van der Waals surface area contributed by atoms with Crippen molar-refractivity contribution in [3.05, 3.63) is 17.8 Å². The number of aromatic nitrogens is 2. The van der Waals surface area contributed by atoms with Crippen molar-refractivity contribution >= 4 is 5.82 Å². The Labute approximate surface area is 95.8 Å². The second-order valence-electron chi connectivity index (χ2n) is 4.94. The fraction of sp³-hybridized carbons (Fsp3) is 0.667. The standard InChI is InChI=1S/C12H18N4/c13-10-2-1-7-16(8-10)12-6-5-11(14-15-12)9-3-4-9/h5-6,9-10H,1-4,7-8,13H2. The zero-order valence-electron chi connectivity index (χ0n) is 9.47. The van der Waals surface area contributed by atoms with E-state index in [2.05, 4.69) is 27.2 Å². The van der Waals surface area contributed by atoms with Crippen molar-refractivity contribution in [1.29, 1.82) is 0 Å². The zero-order valence-corrected chi connectivity index (χ0v) is 9.47. The van der Waals surface area contributed by atoms with Gasteiger partial charge in [0.1, 0.15) is 0 Å². The molecule has 1 aliphatic carbocycles. The van der Waals surface area contributed by atoms with Crippen molar-refractivity contribution < 1.29 is 0 Å². The minimum absolute atomic E-state index is 0.290. The Morgan fingerprint density at radius 2 is 2.06 bits per heavy atom. The maximum Gasteiger partial charge on any atom is 0.151 e. The van der Waals surface area contributed by atoms with Crippen molar-refractivity contribution in [3.63, 3.8) is 0 Å². The molecular weight excluding hydrogens is 200 g/mol. The molecule has 0 aromatic carbocycles. The summed E-state index contributed by atoms with van der Waals surface area (Å²) in [5, 5.41) is 8.63. The fourth-order valence-corrected chi connectivity index (χ4v) is 2.32. The summed E-state index contributed by atoms with van der Waals surface area (Å²) in [5.74, 6) is 1.67. The molecule has 4 nitrogen and oxygen atoms in total. The predicted molar refractivity (Wildman–Crippen MR) is 63.4 cm³/mol. The summed E-state index contributed by atoms with van der Waals surface area (Å²) in [7, 11) is 0. The van der Waals surface area contributed by atoms with Crippen molar-refractivity contribution in [2.24, 2.45) is 5.73 Å². The van der Waals surface area contributed by atoms with E-state index in [1.54, 1.807) is 0 Å². The second-order valence-corrected chi connectivity index (χ2v) is 4.94. The van der Waals surface area contributed by atoms with E-state index in [9.17, 15) is 0 Å². The van der Waals surface area contributed by atoms with Crippen molar-refractivity contribution in [2.45, 2.75) is 37.6 Å². The number of hydrogen-bond acceptors (Lipinski definition) is 4. The lowest BCUT2D eigenvalue weighted by molar-refractivity contribution is 0.501. The molecule has 16 heavy (non-hydrogen) atoms. The van der Waals surface area contributed by atoms with Crippen molar-refractivity contribution in [3.8, 4) is 0 Å². The van der Waals surface area contributed by atoms with Crippen LogP contribution in [0.5, 0.6) is 0 Å². The van der Waals surface area contributed by atoms with Crippen LogP contribution in [-0.2, 0) is 0 Å². The summed E-state index contributed by atoms with van der Waals surface area (Å²) < 4.78 is 0. The van der Waals surface area contributed by atoms with E-state index >= 15 is 0 Å². The van der Waals surface area contributed by atoms with Gasteiger partial charge in [0.15, 0.2) is 5.82 Å². The Morgan fingerprint density at radius 1 is 1.19 bits per heavy atom. The molecule has 0 bridgehead atoms. The van der Waals surface area contributed by atoms with E-state index in [4.69, 9.17) is 5.73 Å². The second kappa shape index (κ2) is 4.01. The largest absolute Gasteiger partial charge is 0.354 e. The van der Waals surface area contributed by atoms with Gasteiger partial charge in [-0.05, 0) is 37.8 Å². The van der Waals surface area contributed by atoms with Gasteiger partial charge < -0.3 is 10.6 Å². The van der Waals surface area contributed by atoms with Gasteiger partial charge in [-0.2, -0.15) is 5.10 Å². The van der Waals surface area contributed by atoms with E-state index in [1.165, 1.54) is 12.8 Å². The highest BCUT2D eigenvalue weighted by molar-refractivity contribution is 5.38. The quantitative estimate of drug-likeness (QED) is 0.812. The van der Waals surface area contributed by atoms with Crippen LogP contribution in [0.2, 0.25) is 0 Å². The van der Waals surface area contributed by atoms with Crippen LogP contribution in [0.15, 0.2) is 12.1 Å².